The Labute approximate surface area is 192 Å². The van der Waals surface area contributed by atoms with Gasteiger partial charge >= 0.3 is 0 Å². The van der Waals surface area contributed by atoms with Crippen molar-refractivity contribution < 1.29 is 14.6 Å². The molecule has 33 heavy (non-hydrogen) atoms. The minimum atomic E-state index is -0.754. The quantitative estimate of drug-likeness (QED) is 0.411. The number of aryl methyl sites for hydroxylation is 1. The van der Waals surface area contributed by atoms with E-state index >= 15 is 0 Å². The molecule has 0 unspecified atom stereocenters. The molecule has 1 aromatic heterocycles. The summed E-state index contributed by atoms with van der Waals surface area (Å²) in [6.45, 7) is 6.27. The Balaban J connectivity index is 1.29. The molecule has 4 rings (SSSR count). The summed E-state index contributed by atoms with van der Waals surface area (Å²) in [6.07, 6.45) is 0. The van der Waals surface area contributed by atoms with Gasteiger partial charge in [0.05, 0.1) is 31.7 Å². The van der Waals surface area contributed by atoms with Crippen molar-refractivity contribution in [3.63, 3.8) is 0 Å². The van der Waals surface area contributed by atoms with Crippen LogP contribution in [0.3, 0.4) is 0 Å². The maximum Gasteiger partial charge on any atom is 0.277 e. The molecule has 0 atom stereocenters. The Morgan fingerprint density at radius 3 is 2.36 bits per heavy atom. The molecular weight excluding hydrogens is 448 g/mol. The molecule has 11 nitrogen and oxygen atoms in total. The van der Waals surface area contributed by atoms with E-state index in [1.165, 1.54) is 10.3 Å². The van der Waals surface area contributed by atoms with Crippen LogP contribution in [0.25, 0.3) is 10.2 Å². The number of rotatable bonds is 7. The fourth-order valence-corrected chi connectivity index (χ4v) is 4.83. The molecule has 2 heterocycles. The van der Waals surface area contributed by atoms with Crippen molar-refractivity contribution in [2.75, 3.05) is 44.2 Å². The van der Waals surface area contributed by atoms with Crippen LogP contribution in [0.5, 0.6) is 0 Å². The first-order valence-electron chi connectivity index (χ1n) is 10.4. The fraction of sp³-hybridized carbons (Fsp3) is 0.333. The third-order valence-electron chi connectivity index (χ3n) is 5.55. The van der Waals surface area contributed by atoms with Crippen LogP contribution in [0.1, 0.15) is 15.9 Å². The zero-order valence-electron chi connectivity index (χ0n) is 17.9. The van der Waals surface area contributed by atoms with Crippen LogP contribution in [-0.4, -0.2) is 64.9 Å². The first-order valence-corrected chi connectivity index (χ1v) is 11.2. The zero-order chi connectivity index (χ0) is 23.5. The van der Waals surface area contributed by atoms with Gasteiger partial charge in [-0.25, -0.2) is 4.98 Å². The monoisotopic (exact) mass is 470 g/mol. The number of nitro benzene ring substituents is 2. The molecule has 2 aromatic carbocycles. The minimum Gasteiger partial charge on any atom is -0.351 e. The summed E-state index contributed by atoms with van der Waals surface area (Å²) < 4.78 is 1.18. The molecule has 3 aromatic rings. The molecule has 12 heteroatoms. The highest BCUT2D eigenvalue weighted by molar-refractivity contribution is 7.22. The van der Waals surface area contributed by atoms with Gasteiger partial charge in [0.15, 0.2) is 5.13 Å². The summed E-state index contributed by atoms with van der Waals surface area (Å²) in [4.78, 5) is 42.2. The summed E-state index contributed by atoms with van der Waals surface area (Å²) in [5.74, 6) is -0.578. The molecular formula is C21H22N6O5S. The number of amides is 1. The summed E-state index contributed by atoms with van der Waals surface area (Å²) in [5.41, 5.74) is 1.13. The Bertz CT molecular complexity index is 1190. The van der Waals surface area contributed by atoms with E-state index in [9.17, 15) is 25.0 Å². The average Bonchev–Trinajstić information content (AvgIpc) is 3.25. The predicted molar refractivity (Wildman–Crippen MR) is 125 cm³/mol. The Morgan fingerprint density at radius 2 is 1.76 bits per heavy atom. The largest absolute Gasteiger partial charge is 0.351 e. The molecule has 1 aliphatic heterocycles. The Morgan fingerprint density at radius 1 is 1.09 bits per heavy atom. The smallest absolute Gasteiger partial charge is 0.277 e. The zero-order valence-corrected chi connectivity index (χ0v) is 18.7. The second kappa shape index (κ2) is 9.46. The van der Waals surface area contributed by atoms with Gasteiger partial charge < -0.3 is 10.2 Å². The first-order chi connectivity index (χ1) is 15.8. The minimum absolute atomic E-state index is 0.105. The number of hydrogen-bond acceptors (Lipinski definition) is 9. The SMILES string of the molecule is Cc1cccc2sc(N3CCN(CCNC(=O)c4cc([N+](=O)[O-])cc([N+](=O)[O-])c4)CC3)nc12. The molecule has 0 spiro atoms. The van der Waals surface area contributed by atoms with Crippen LogP contribution in [-0.2, 0) is 0 Å². The van der Waals surface area contributed by atoms with Gasteiger partial charge in [0.25, 0.3) is 17.3 Å². The van der Waals surface area contributed by atoms with Crippen LogP contribution in [0.4, 0.5) is 16.5 Å². The first kappa shape index (κ1) is 22.6. The van der Waals surface area contributed by atoms with Crippen molar-refractivity contribution in [3.05, 3.63) is 67.8 Å². The molecule has 0 aliphatic carbocycles. The van der Waals surface area contributed by atoms with Crippen LogP contribution >= 0.6 is 11.3 Å². The second-order valence-electron chi connectivity index (χ2n) is 7.75. The molecule has 0 saturated carbocycles. The highest BCUT2D eigenvalue weighted by atomic mass is 32.1. The summed E-state index contributed by atoms with van der Waals surface area (Å²) in [5, 5.41) is 25.7. The number of para-hydroxylation sites is 1. The lowest BCUT2D eigenvalue weighted by atomic mass is 10.1. The number of anilines is 1. The molecule has 1 aliphatic rings. The number of non-ortho nitro benzene ring substituents is 2. The van der Waals surface area contributed by atoms with E-state index in [0.29, 0.717) is 13.1 Å². The van der Waals surface area contributed by atoms with E-state index in [4.69, 9.17) is 4.98 Å². The number of nitrogens with one attached hydrogen (secondary N) is 1. The van der Waals surface area contributed by atoms with Crippen molar-refractivity contribution in [3.8, 4) is 0 Å². The molecule has 172 valence electrons. The van der Waals surface area contributed by atoms with Gasteiger partial charge in [0, 0.05) is 51.4 Å². The summed E-state index contributed by atoms with van der Waals surface area (Å²) in [6, 6.07) is 9.10. The lowest BCUT2D eigenvalue weighted by molar-refractivity contribution is -0.394. The topological polar surface area (TPSA) is 135 Å². The van der Waals surface area contributed by atoms with Gasteiger partial charge in [-0.2, -0.15) is 0 Å². The van der Waals surface area contributed by atoms with Crippen LogP contribution in [0.2, 0.25) is 0 Å². The molecule has 0 radical (unpaired) electrons. The normalized spacial score (nSPS) is 14.4. The highest BCUT2D eigenvalue weighted by Gasteiger charge is 2.22. The van der Waals surface area contributed by atoms with Gasteiger partial charge in [-0.3, -0.25) is 29.9 Å². The van der Waals surface area contributed by atoms with Gasteiger partial charge in [0.2, 0.25) is 0 Å². The Kier molecular flexibility index (Phi) is 6.47. The maximum absolute atomic E-state index is 12.4. The molecule has 1 saturated heterocycles. The van der Waals surface area contributed by atoms with E-state index < -0.39 is 27.1 Å². The number of hydrogen-bond donors (Lipinski definition) is 1. The number of carbonyl (C=O) groups excluding carboxylic acids is 1. The lowest BCUT2D eigenvalue weighted by Crippen LogP contribution is -2.48. The van der Waals surface area contributed by atoms with Crippen molar-refractivity contribution in [1.82, 2.24) is 15.2 Å². The van der Waals surface area contributed by atoms with Gasteiger partial charge in [0.1, 0.15) is 0 Å². The van der Waals surface area contributed by atoms with Crippen LogP contribution < -0.4 is 10.2 Å². The lowest BCUT2D eigenvalue weighted by Gasteiger charge is -2.34. The number of nitro groups is 2. The third-order valence-corrected chi connectivity index (χ3v) is 6.63. The number of piperazine rings is 1. The Hall–Kier alpha value is -3.64. The maximum atomic E-state index is 12.4. The van der Waals surface area contributed by atoms with Crippen molar-refractivity contribution in [2.45, 2.75) is 6.92 Å². The molecule has 1 amide bonds. The van der Waals surface area contributed by atoms with E-state index in [1.807, 2.05) is 6.07 Å². The number of nitrogens with zero attached hydrogens (tertiary/aromatic N) is 5. The average molecular weight is 471 g/mol. The number of thiazole rings is 1. The van der Waals surface area contributed by atoms with Crippen LogP contribution in [0.15, 0.2) is 36.4 Å². The van der Waals surface area contributed by atoms with E-state index in [0.717, 1.165) is 55.0 Å². The van der Waals surface area contributed by atoms with E-state index in [1.54, 1.807) is 11.3 Å². The summed E-state index contributed by atoms with van der Waals surface area (Å²) >= 11 is 1.69. The predicted octanol–water partition coefficient (Wildman–Crippen LogP) is 2.97. The van der Waals surface area contributed by atoms with E-state index in [-0.39, 0.29) is 5.56 Å². The van der Waals surface area contributed by atoms with Gasteiger partial charge in [-0.15, -0.1) is 0 Å². The third kappa shape index (κ3) is 5.07. The van der Waals surface area contributed by atoms with Gasteiger partial charge in [-0.05, 0) is 18.6 Å². The van der Waals surface area contributed by atoms with Crippen molar-refractivity contribution >= 4 is 44.0 Å². The molecule has 1 N–H and O–H groups in total. The van der Waals surface area contributed by atoms with Crippen molar-refractivity contribution in [2.24, 2.45) is 0 Å². The summed E-state index contributed by atoms with van der Waals surface area (Å²) in [7, 11) is 0. The number of benzene rings is 2. The van der Waals surface area contributed by atoms with E-state index in [2.05, 4.69) is 34.2 Å². The molecule has 0 bridgehead atoms. The number of aromatic nitrogens is 1. The number of fused-ring (bicyclic) bond motifs is 1. The molecule has 1 fully saturated rings. The van der Waals surface area contributed by atoms with Gasteiger partial charge in [-0.1, -0.05) is 23.5 Å². The fourth-order valence-electron chi connectivity index (χ4n) is 3.74. The highest BCUT2D eigenvalue weighted by Crippen LogP contribution is 2.31. The standard InChI is InChI=1S/C21H22N6O5S/c1-14-3-2-4-18-19(14)23-21(33-18)25-9-7-24(8-10-25)6-5-22-20(28)15-11-16(26(29)30)13-17(12-15)27(31)32/h2-4,11-13H,5-10H2,1H3,(H,22,28). The second-order valence-corrected chi connectivity index (χ2v) is 8.76. The van der Waals surface area contributed by atoms with Crippen molar-refractivity contribution in [1.29, 1.82) is 0 Å². The number of carbonyl (C=O) groups is 1. The van der Waals surface area contributed by atoms with Crippen LogP contribution in [0, 0.1) is 27.2 Å².